The Morgan fingerprint density at radius 2 is 2.29 bits per heavy atom. The molecule has 1 aromatic rings. The van der Waals surface area contributed by atoms with Gasteiger partial charge < -0.3 is 14.7 Å². The minimum absolute atomic E-state index is 0.0774. The number of rotatable bonds is 5. The van der Waals surface area contributed by atoms with E-state index < -0.39 is 6.10 Å². The number of carbonyl (C=O) groups is 1. The standard InChI is InChI=1S/C17H25NO3/c1-3-9-21-15-6-4-5-14(10-15)11-17(20)18-8-7-13(2)16(19)12-18/h4-6,10,13,16,19H,3,7-9,11-12H2,1-2H3. The van der Waals surface area contributed by atoms with Crippen molar-refractivity contribution in [2.75, 3.05) is 19.7 Å². The van der Waals surface area contributed by atoms with Crippen LogP contribution >= 0.6 is 0 Å². The lowest BCUT2D eigenvalue weighted by Crippen LogP contribution is -2.46. The number of aliphatic hydroxyl groups is 1. The van der Waals surface area contributed by atoms with Crippen LogP contribution < -0.4 is 4.74 Å². The van der Waals surface area contributed by atoms with Crippen molar-refractivity contribution in [2.45, 2.75) is 39.2 Å². The molecule has 0 spiro atoms. The fourth-order valence-corrected chi connectivity index (χ4v) is 2.53. The van der Waals surface area contributed by atoms with Gasteiger partial charge in [-0.1, -0.05) is 26.0 Å². The van der Waals surface area contributed by atoms with Crippen LogP contribution in [0.4, 0.5) is 0 Å². The summed E-state index contributed by atoms with van der Waals surface area (Å²) < 4.78 is 5.59. The molecule has 1 amide bonds. The Balaban J connectivity index is 1.93. The minimum Gasteiger partial charge on any atom is -0.494 e. The van der Waals surface area contributed by atoms with E-state index in [1.54, 1.807) is 4.90 Å². The monoisotopic (exact) mass is 291 g/mol. The highest BCUT2D eigenvalue weighted by molar-refractivity contribution is 5.79. The van der Waals surface area contributed by atoms with Crippen LogP contribution in [0.1, 0.15) is 32.3 Å². The largest absolute Gasteiger partial charge is 0.494 e. The second-order valence-corrected chi connectivity index (χ2v) is 5.85. The molecule has 0 aromatic heterocycles. The Kier molecular flexibility index (Phi) is 5.62. The molecule has 116 valence electrons. The first-order chi connectivity index (χ1) is 10.1. The lowest BCUT2D eigenvalue weighted by atomic mass is 9.95. The molecule has 2 atom stereocenters. The first-order valence-electron chi connectivity index (χ1n) is 7.77. The molecule has 0 radical (unpaired) electrons. The number of piperidine rings is 1. The van der Waals surface area contributed by atoms with E-state index in [0.717, 1.165) is 30.7 Å². The summed E-state index contributed by atoms with van der Waals surface area (Å²) in [4.78, 5) is 14.1. The highest BCUT2D eigenvalue weighted by Gasteiger charge is 2.27. The lowest BCUT2D eigenvalue weighted by molar-refractivity contribution is -0.134. The van der Waals surface area contributed by atoms with Crippen molar-refractivity contribution in [3.8, 4) is 5.75 Å². The summed E-state index contributed by atoms with van der Waals surface area (Å²) in [6.07, 6.45) is 1.80. The van der Waals surface area contributed by atoms with E-state index in [9.17, 15) is 9.90 Å². The Labute approximate surface area is 126 Å². The molecular formula is C17H25NO3. The summed E-state index contributed by atoms with van der Waals surface area (Å²) in [6, 6.07) is 7.70. The molecule has 1 saturated heterocycles. The van der Waals surface area contributed by atoms with E-state index in [1.165, 1.54) is 0 Å². The number of benzene rings is 1. The highest BCUT2D eigenvalue weighted by atomic mass is 16.5. The Hall–Kier alpha value is -1.55. The number of amides is 1. The number of ether oxygens (including phenoxy) is 1. The van der Waals surface area contributed by atoms with Crippen LogP contribution in [0.15, 0.2) is 24.3 Å². The molecule has 0 aliphatic carbocycles. The molecule has 4 heteroatoms. The van der Waals surface area contributed by atoms with E-state index in [-0.39, 0.29) is 11.8 Å². The quantitative estimate of drug-likeness (QED) is 0.905. The molecule has 21 heavy (non-hydrogen) atoms. The molecule has 1 aliphatic heterocycles. The Morgan fingerprint density at radius 1 is 1.48 bits per heavy atom. The lowest BCUT2D eigenvalue weighted by Gasteiger charge is -2.34. The smallest absolute Gasteiger partial charge is 0.227 e. The van der Waals surface area contributed by atoms with Gasteiger partial charge in [-0.2, -0.15) is 0 Å². The predicted molar refractivity (Wildman–Crippen MR) is 82.3 cm³/mol. The zero-order chi connectivity index (χ0) is 15.2. The van der Waals surface area contributed by atoms with Gasteiger partial charge in [0.2, 0.25) is 5.91 Å². The minimum atomic E-state index is -0.401. The zero-order valence-electron chi connectivity index (χ0n) is 12.9. The van der Waals surface area contributed by atoms with E-state index in [1.807, 2.05) is 31.2 Å². The summed E-state index contributed by atoms with van der Waals surface area (Å²) in [7, 11) is 0. The SMILES string of the molecule is CCCOc1cccc(CC(=O)N2CCC(C)C(O)C2)c1. The van der Waals surface area contributed by atoms with Crippen molar-refractivity contribution in [3.05, 3.63) is 29.8 Å². The van der Waals surface area contributed by atoms with Crippen LogP contribution in [0.25, 0.3) is 0 Å². The fraction of sp³-hybridized carbons (Fsp3) is 0.588. The molecule has 2 rings (SSSR count). The molecular weight excluding hydrogens is 266 g/mol. The normalized spacial score (nSPS) is 22.1. The van der Waals surface area contributed by atoms with Crippen LogP contribution in [0, 0.1) is 5.92 Å². The van der Waals surface area contributed by atoms with Gasteiger partial charge >= 0.3 is 0 Å². The maximum absolute atomic E-state index is 12.3. The Morgan fingerprint density at radius 3 is 3.00 bits per heavy atom. The van der Waals surface area contributed by atoms with Crippen LogP contribution in [0.5, 0.6) is 5.75 Å². The summed E-state index contributed by atoms with van der Waals surface area (Å²) in [5.74, 6) is 1.17. The predicted octanol–water partition coefficient (Wildman–Crippen LogP) is 2.25. The summed E-state index contributed by atoms with van der Waals surface area (Å²) in [5, 5.41) is 9.89. The van der Waals surface area contributed by atoms with Gasteiger partial charge in [0.1, 0.15) is 5.75 Å². The van der Waals surface area contributed by atoms with Crippen molar-refractivity contribution in [1.29, 1.82) is 0 Å². The number of nitrogens with zero attached hydrogens (tertiary/aromatic N) is 1. The fourth-order valence-electron chi connectivity index (χ4n) is 2.53. The third-order valence-corrected chi connectivity index (χ3v) is 4.00. The molecule has 4 nitrogen and oxygen atoms in total. The number of carbonyl (C=O) groups excluding carboxylic acids is 1. The highest BCUT2D eigenvalue weighted by Crippen LogP contribution is 2.19. The van der Waals surface area contributed by atoms with Crippen molar-refractivity contribution < 1.29 is 14.6 Å². The van der Waals surface area contributed by atoms with Gasteiger partial charge in [-0.3, -0.25) is 4.79 Å². The molecule has 0 bridgehead atoms. The number of β-amino-alcohol motifs (C(OH)–C–C–N with tert-alkyl or cyclic N) is 1. The van der Waals surface area contributed by atoms with E-state index >= 15 is 0 Å². The average molecular weight is 291 g/mol. The number of hydrogen-bond donors (Lipinski definition) is 1. The van der Waals surface area contributed by atoms with Gasteiger partial charge in [0.05, 0.1) is 19.1 Å². The van der Waals surface area contributed by atoms with Crippen molar-refractivity contribution in [1.82, 2.24) is 4.90 Å². The van der Waals surface area contributed by atoms with E-state index in [0.29, 0.717) is 19.6 Å². The van der Waals surface area contributed by atoms with Gasteiger partial charge in [0.15, 0.2) is 0 Å². The molecule has 0 saturated carbocycles. The van der Waals surface area contributed by atoms with Gasteiger partial charge in [-0.05, 0) is 36.5 Å². The summed E-state index contributed by atoms with van der Waals surface area (Å²) >= 11 is 0. The van der Waals surface area contributed by atoms with Gasteiger partial charge in [-0.25, -0.2) is 0 Å². The third-order valence-electron chi connectivity index (χ3n) is 4.00. The van der Waals surface area contributed by atoms with E-state index in [4.69, 9.17) is 4.74 Å². The maximum Gasteiger partial charge on any atom is 0.227 e. The number of hydrogen-bond acceptors (Lipinski definition) is 3. The number of aliphatic hydroxyl groups excluding tert-OH is 1. The number of likely N-dealkylation sites (tertiary alicyclic amines) is 1. The third kappa shape index (κ3) is 4.46. The first kappa shape index (κ1) is 15.8. The topological polar surface area (TPSA) is 49.8 Å². The van der Waals surface area contributed by atoms with Crippen LogP contribution in [-0.4, -0.2) is 41.7 Å². The van der Waals surface area contributed by atoms with Crippen molar-refractivity contribution >= 4 is 5.91 Å². The molecule has 1 heterocycles. The molecule has 1 fully saturated rings. The first-order valence-corrected chi connectivity index (χ1v) is 7.77. The zero-order valence-corrected chi connectivity index (χ0v) is 12.9. The average Bonchev–Trinajstić information content (AvgIpc) is 2.48. The van der Waals surface area contributed by atoms with Crippen molar-refractivity contribution in [3.63, 3.8) is 0 Å². The second kappa shape index (κ2) is 7.46. The second-order valence-electron chi connectivity index (χ2n) is 5.85. The maximum atomic E-state index is 12.3. The van der Waals surface area contributed by atoms with Crippen LogP contribution in [-0.2, 0) is 11.2 Å². The molecule has 1 N–H and O–H groups in total. The van der Waals surface area contributed by atoms with Crippen LogP contribution in [0.3, 0.4) is 0 Å². The molecule has 1 aromatic carbocycles. The van der Waals surface area contributed by atoms with Crippen LogP contribution in [0.2, 0.25) is 0 Å². The van der Waals surface area contributed by atoms with Gasteiger partial charge in [0, 0.05) is 13.1 Å². The summed E-state index contributed by atoms with van der Waals surface area (Å²) in [6.45, 7) is 5.97. The van der Waals surface area contributed by atoms with E-state index in [2.05, 4.69) is 6.92 Å². The molecule has 2 unspecified atom stereocenters. The summed E-state index contributed by atoms with van der Waals surface area (Å²) in [5.41, 5.74) is 0.960. The Bertz CT molecular complexity index is 475. The molecule has 1 aliphatic rings. The van der Waals surface area contributed by atoms with Gasteiger partial charge in [-0.15, -0.1) is 0 Å². The van der Waals surface area contributed by atoms with Gasteiger partial charge in [0.25, 0.3) is 0 Å². The van der Waals surface area contributed by atoms with Crippen molar-refractivity contribution in [2.24, 2.45) is 5.92 Å².